The van der Waals surface area contributed by atoms with Crippen LogP contribution in [0.2, 0.25) is 0 Å². The summed E-state index contributed by atoms with van der Waals surface area (Å²) in [6.07, 6.45) is 19.8. The summed E-state index contributed by atoms with van der Waals surface area (Å²) in [6, 6.07) is 12.0. The molecule has 3 rings (SSSR count). The summed E-state index contributed by atoms with van der Waals surface area (Å²) >= 11 is 5.60. The summed E-state index contributed by atoms with van der Waals surface area (Å²) in [5.74, 6) is 1.40. The van der Waals surface area contributed by atoms with E-state index in [1.807, 2.05) is 78.8 Å². The molecule has 1 aliphatic rings. The Labute approximate surface area is 261 Å². The molecule has 0 N–H and O–H groups in total. The maximum absolute atomic E-state index is 12.2. The van der Waals surface area contributed by atoms with Gasteiger partial charge in [0, 0.05) is 41.9 Å². The van der Waals surface area contributed by atoms with Crippen molar-refractivity contribution in [2.24, 2.45) is 4.99 Å². The molecule has 1 heterocycles. The van der Waals surface area contributed by atoms with Crippen molar-refractivity contribution in [2.45, 2.75) is 105 Å². The van der Waals surface area contributed by atoms with E-state index >= 15 is 0 Å². The maximum atomic E-state index is 12.2. The zero-order chi connectivity index (χ0) is 32.5. The Hall–Kier alpha value is -3.01. The molecule has 1 fully saturated rings. The molecule has 0 aliphatic heterocycles. The number of hydrogen-bond acceptors (Lipinski definition) is 5. The molecular weight excluding hydrogens is 546 g/mol. The number of aliphatic imine (C=N–C) groups is 1. The van der Waals surface area contributed by atoms with E-state index in [9.17, 15) is 4.79 Å². The quantitative estimate of drug-likeness (QED) is 0.155. The van der Waals surface area contributed by atoms with Gasteiger partial charge in [-0.3, -0.25) is 19.3 Å². The van der Waals surface area contributed by atoms with Crippen LogP contribution in [0.1, 0.15) is 87.5 Å². The van der Waals surface area contributed by atoms with Gasteiger partial charge in [-0.1, -0.05) is 53.5 Å². The third-order valence-corrected chi connectivity index (χ3v) is 6.65. The number of nitrogens with zero attached hydrogens (tertiary/aromatic N) is 3. The number of pyridine rings is 1. The highest BCUT2D eigenvalue weighted by atomic mass is 35.5. The van der Waals surface area contributed by atoms with Gasteiger partial charge < -0.3 is 9.47 Å². The fourth-order valence-corrected chi connectivity index (χ4v) is 4.18. The number of aromatic nitrogens is 1. The number of methoxy groups -OCH3 is 1. The standard InChI is InChI=1S/C22H30N2O3.C7H12ClN.2C2H6.C2H2/c1-4-17(23(2)18-7-5-6-8-18)16-27-20-11-9-19(10-12-20)24-14-13-21(26-3)15-22(24)25;1-4-7(3)9-5-6(2)8;3*1-2/h9-15,17-18H,4-8,16H2,1-3H3;4-6H,1-3H3;2*1-2H3;1-2H/b;7-4-,9-5?;;;/t17-;;;;/m1..../s1. The van der Waals surface area contributed by atoms with Crippen LogP contribution in [0.5, 0.6) is 11.5 Å². The summed E-state index contributed by atoms with van der Waals surface area (Å²) in [7, 11) is 3.78. The molecule has 2 aromatic rings. The van der Waals surface area contributed by atoms with Gasteiger partial charge in [-0.2, -0.15) is 0 Å². The van der Waals surface area contributed by atoms with Crippen LogP contribution in [0.4, 0.5) is 0 Å². The molecule has 42 heavy (non-hydrogen) atoms. The number of hydrogen-bond donors (Lipinski definition) is 0. The second-order valence-corrected chi connectivity index (χ2v) is 9.82. The van der Waals surface area contributed by atoms with Crippen molar-refractivity contribution in [3.05, 3.63) is 64.7 Å². The first-order chi connectivity index (χ1) is 20.3. The van der Waals surface area contributed by atoms with Gasteiger partial charge in [0.2, 0.25) is 0 Å². The minimum atomic E-state index is -0.118. The van der Waals surface area contributed by atoms with E-state index in [0.717, 1.165) is 23.6 Å². The third-order valence-electron chi connectivity index (χ3n) is 6.53. The first kappa shape index (κ1) is 41.1. The molecule has 0 bridgehead atoms. The largest absolute Gasteiger partial charge is 0.497 e. The molecule has 1 saturated carbocycles. The summed E-state index contributed by atoms with van der Waals surface area (Å²) in [6.45, 7) is 16.7. The van der Waals surface area contributed by atoms with Gasteiger partial charge in [-0.15, -0.1) is 24.4 Å². The molecule has 0 saturated heterocycles. The number of halogens is 1. The predicted molar refractivity (Wildman–Crippen MR) is 184 cm³/mol. The van der Waals surface area contributed by atoms with Gasteiger partial charge in [-0.25, -0.2) is 0 Å². The molecule has 6 nitrogen and oxygen atoms in total. The average Bonchev–Trinajstić information content (AvgIpc) is 3.59. The van der Waals surface area contributed by atoms with Crippen LogP contribution in [0.15, 0.2) is 64.2 Å². The first-order valence-corrected chi connectivity index (χ1v) is 15.6. The smallest absolute Gasteiger partial charge is 0.258 e. The Bertz CT molecular complexity index is 1070. The van der Waals surface area contributed by atoms with Crippen LogP contribution >= 0.6 is 11.6 Å². The lowest BCUT2D eigenvalue weighted by Crippen LogP contribution is -2.42. The van der Waals surface area contributed by atoms with Crippen LogP contribution < -0.4 is 15.0 Å². The average molecular weight is 602 g/mol. The van der Waals surface area contributed by atoms with E-state index in [-0.39, 0.29) is 10.9 Å². The Morgan fingerprint density at radius 1 is 1.12 bits per heavy atom. The van der Waals surface area contributed by atoms with Gasteiger partial charge in [0.1, 0.15) is 18.1 Å². The molecule has 1 aromatic heterocycles. The molecule has 0 amide bonds. The summed E-state index contributed by atoms with van der Waals surface area (Å²) in [5, 5.41) is 0.0277. The van der Waals surface area contributed by atoms with E-state index in [1.54, 1.807) is 30.2 Å². The summed E-state index contributed by atoms with van der Waals surface area (Å²) in [5.41, 5.74) is 1.69. The number of ether oxygens (including phenoxy) is 2. The molecule has 2 atom stereocenters. The van der Waals surface area contributed by atoms with Crippen molar-refractivity contribution in [3.8, 4) is 30.0 Å². The Morgan fingerprint density at radius 3 is 2.14 bits per heavy atom. The number of benzene rings is 1. The van der Waals surface area contributed by atoms with Gasteiger partial charge in [0.05, 0.1) is 12.5 Å². The molecule has 1 aromatic carbocycles. The Morgan fingerprint density at radius 2 is 1.69 bits per heavy atom. The third kappa shape index (κ3) is 15.8. The molecule has 7 heteroatoms. The van der Waals surface area contributed by atoms with Crippen molar-refractivity contribution < 1.29 is 9.47 Å². The van der Waals surface area contributed by atoms with E-state index in [0.29, 0.717) is 24.4 Å². The summed E-state index contributed by atoms with van der Waals surface area (Å²) in [4.78, 5) is 18.7. The number of likely N-dealkylation sites (N-methyl/N-ethyl adjacent to an activating group) is 1. The molecule has 0 radical (unpaired) electrons. The van der Waals surface area contributed by atoms with Gasteiger partial charge in [0.15, 0.2) is 0 Å². The van der Waals surface area contributed by atoms with E-state index in [2.05, 4.69) is 36.7 Å². The fourth-order valence-electron chi connectivity index (χ4n) is 4.12. The normalized spacial score (nSPS) is 14.1. The van der Waals surface area contributed by atoms with Crippen LogP contribution in [0.25, 0.3) is 5.69 Å². The number of rotatable bonds is 10. The molecular formula is C35H56ClN3O3. The summed E-state index contributed by atoms with van der Waals surface area (Å²) < 4.78 is 12.7. The van der Waals surface area contributed by atoms with E-state index in [4.69, 9.17) is 21.1 Å². The minimum absolute atomic E-state index is 0.0277. The lowest BCUT2D eigenvalue weighted by atomic mass is 10.1. The second-order valence-electron chi connectivity index (χ2n) is 9.13. The SMILES string of the molecule is C#C.C/C=C(/C)N=CC(C)Cl.CC.CC.CC[C@H](COc1ccc(-n2ccc(OC)cc2=O)cc1)N(C)C1CCCC1. The van der Waals surface area contributed by atoms with Gasteiger partial charge in [-0.05, 0) is 77.4 Å². The van der Waals surface area contributed by atoms with Crippen LogP contribution in [0, 0.1) is 12.8 Å². The highest BCUT2D eigenvalue weighted by Crippen LogP contribution is 2.25. The second kappa shape index (κ2) is 25.7. The Balaban J connectivity index is 0. The van der Waals surface area contributed by atoms with Crippen molar-refractivity contribution >= 4 is 17.8 Å². The van der Waals surface area contributed by atoms with Crippen molar-refractivity contribution in [3.63, 3.8) is 0 Å². The number of allylic oxidation sites excluding steroid dienone is 2. The highest BCUT2D eigenvalue weighted by Gasteiger charge is 2.25. The molecule has 0 spiro atoms. The van der Waals surface area contributed by atoms with E-state index < -0.39 is 0 Å². The molecule has 1 unspecified atom stereocenters. The Kier molecular flexibility index (Phi) is 25.1. The zero-order valence-corrected chi connectivity index (χ0v) is 28.5. The van der Waals surface area contributed by atoms with Crippen LogP contribution in [0.3, 0.4) is 0 Å². The topological polar surface area (TPSA) is 56.1 Å². The van der Waals surface area contributed by atoms with E-state index in [1.165, 1.54) is 31.7 Å². The van der Waals surface area contributed by atoms with Crippen molar-refractivity contribution in [1.82, 2.24) is 9.47 Å². The highest BCUT2D eigenvalue weighted by molar-refractivity contribution is 6.27. The van der Waals surface area contributed by atoms with Crippen molar-refractivity contribution in [1.29, 1.82) is 0 Å². The lowest BCUT2D eigenvalue weighted by molar-refractivity contribution is 0.118. The predicted octanol–water partition coefficient (Wildman–Crippen LogP) is 8.79. The minimum Gasteiger partial charge on any atom is -0.497 e. The van der Waals surface area contributed by atoms with Crippen molar-refractivity contribution in [2.75, 3.05) is 20.8 Å². The molecule has 236 valence electrons. The van der Waals surface area contributed by atoms with Gasteiger partial charge >= 0.3 is 0 Å². The number of terminal acetylenes is 1. The molecule has 1 aliphatic carbocycles. The number of alkyl halides is 1. The monoisotopic (exact) mass is 601 g/mol. The maximum Gasteiger partial charge on any atom is 0.258 e. The van der Waals surface area contributed by atoms with Crippen LogP contribution in [-0.2, 0) is 0 Å². The lowest BCUT2D eigenvalue weighted by Gasteiger charge is -2.32. The fraction of sp³-hybridized carbons (Fsp3) is 0.543. The van der Waals surface area contributed by atoms with Gasteiger partial charge in [0.25, 0.3) is 5.56 Å². The van der Waals surface area contributed by atoms with Crippen LogP contribution in [-0.4, -0.2) is 53.9 Å². The zero-order valence-electron chi connectivity index (χ0n) is 27.8. The first-order valence-electron chi connectivity index (χ1n) is 15.1.